The number of hydrogen-bond donors (Lipinski definition) is 3. The quantitative estimate of drug-likeness (QED) is 0.616. The Morgan fingerprint density at radius 2 is 2.50 bits per heavy atom. The SMILES string of the molecule is CCNC(C)(CCSc1ncc[nH]1)C(N)=O. The number of thioether (sulfide) groups is 1. The van der Waals surface area contributed by atoms with Gasteiger partial charge in [0.2, 0.25) is 5.91 Å². The van der Waals surface area contributed by atoms with Crippen LogP contribution in [0, 0.1) is 0 Å². The second-order valence-corrected chi connectivity index (χ2v) is 4.80. The van der Waals surface area contributed by atoms with E-state index in [-0.39, 0.29) is 5.91 Å². The number of likely N-dealkylation sites (N-methyl/N-ethyl adjacent to an activating group) is 1. The van der Waals surface area contributed by atoms with E-state index in [2.05, 4.69) is 15.3 Å². The Morgan fingerprint density at radius 3 is 3.00 bits per heavy atom. The molecule has 0 saturated heterocycles. The van der Waals surface area contributed by atoms with Gasteiger partial charge in [-0.2, -0.15) is 0 Å². The lowest BCUT2D eigenvalue weighted by atomic mass is 9.98. The molecule has 90 valence electrons. The Balaban J connectivity index is 2.41. The minimum absolute atomic E-state index is 0.311. The van der Waals surface area contributed by atoms with E-state index >= 15 is 0 Å². The average molecular weight is 242 g/mol. The predicted octanol–water partition coefficient (Wildman–Crippen LogP) is 0.745. The Bertz CT molecular complexity index is 328. The van der Waals surface area contributed by atoms with Crippen molar-refractivity contribution in [1.29, 1.82) is 0 Å². The summed E-state index contributed by atoms with van der Waals surface area (Å²) in [6.45, 7) is 4.52. The van der Waals surface area contributed by atoms with Crippen molar-refractivity contribution in [2.24, 2.45) is 5.73 Å². The highest BCUT2D eigenvalue weighted by molar-refractivity contribution is 7.99. The third kappa shape index (κ3) is 3.53. The molecule has 0 aromatic carbocycles. The molecule has 1 atom stereocenters. The highest BCUT2D eigenvalue weighted by atomic mass is 32.2. The van der Waals surface area contributed by atoms with Gasteiger partial charge < -0.3 is 16.0 Å². The van der Waals surface area contributed by atoms with Crippen molar-refractivity contribution < 1.29 is 4.79 Å². The summed E-state index contributed by atoms with van der Waals surface area (Å²) in [5.74, 6) is 0.481. The molecule has 0 radical (unpaired) electrons. The molecule has 0 aliphatic heterocycles. The molecule has 1 aromatic rings. The van der Waals surface area contributed by atoms with Gasteiger partial charge in [-0.25, -0.2) is 4.98 Å². The highest BCUT2D eigenvalue weighted by Gasteiger charge is 2.29. The predicted molar refractivity (Wildman–Crippen MR) is 65.2 cm³/mol. The van der Waals surface area contributed by atoms with Crippen LogP contribution in [0.25, 0.3) is 0 Å². The van der Waals surface area contributed by atoms with Crippen LogP contribution in [0.4, 0.5) is 0 Å². The topological polar surface area (TPSA) is 83.8 Å². The minimum atomic E-state index is -0.631. The normalized spacial score (nSPS) is 14.6. The molecule has 0 bridgehead atoms. The summed E-state index contributed by atoms with van der Waals surface area (Å²) in [5.41, 5.74) is 4.75. The molecule has 5 nitrogen and oxygen atoms in total. The molecule has 1 rings (SSSR count). The first-order valence-corrected chi connectivity index (χ1v) is 6.24. The molecule has 0 aliphatic rings. The first-order chi connectivity index (χ1) is 7.58. The van der Waals surface area contributed by atoms with Crippen molar-refractivity contribution in [2.75, 3.05) is 12.3 Å². The van der Waals surface area contributed by atoms with Crippen LogP contribution < -0.4 is 11.1 Å². The summed E-state index contributed by atoms with van der Waals surface area (Å²) in [6.07, 6.45) is 4.17. The number of carbonyl (C=O) groups excluding carboxylic acids is 1. The third-order valence-electron chi connectivity index (χ3n) is 2.42. The molecule has 0 aliphatic carbocycles. The molecule has 0 saturated carbocycles. The van der Waals surface area contributed by atoms with Crippen molar-refractivity contribution in [3.8, 4) is 0 Å². The lowest BCUT2D eigenvalue weighted by Gasteiger charge is -2.26. The van der Waals surface area contributed by atoms with Crippen LogP contribution in [-0.4, -0.2) is 33.7 Å². The Labute approximate surface area is 99.6 Å². The van der Waals surface area contributed by atoms with Gasteiger partial charge in [-0.05, 0) is 19.9 Å². The van der Waals surface area contributed by atoms with Gasteiger partial charge >= 0.3 is 0 Å². The van der Waals surface area contributed by atoms with Gasteiger partial charge in [-0.15, -0.1) is 0 Å². The fraction of sp³-hybridized carbons (Fsp3) is 0.600. The number of imidazole rings is 1. The number of aromatic amines is 1. The first kappa shape index (κ1) is 13.1. The number of nitrogens with one attached hydrogen (secondary N) is 2. The molecule has 1 heterocycles. The maximum atomic E-state index is 11.3. The van der Waals surface area contributed by atoms with Crippen LogP contribution in [0.15, 0.2) is 17.6 Å². The maximum absolute atomic E-state index is 11.3. The van der Waals surface area contributed by atoms with Crippen LogP contribution in [-0.2, 0) is 4.79 Å². The van der Waals surface area contributed by atoms with Crippen LogP contribution in [0.1, 0.15) is 20.3 Å². The van der Waals surface area contributed by atoms with E-state index in [4.69, 9.17) is 5.73 Å². The van der Waals surface area contributed by atoms with Crippen molar-refractivity contribution in [1.82, 2.24) is 15.3 Å². The molecule has 1 unspecified atom stereocenters. The summed E-state index contributed by atoms with van der Waals surface area (Å²) in [4.78, 5) is 18.4. The summed E-state index contributed by atoms with van der Waals surface area (Å²) in [6, 6.07) is 0. The number of H-pyrrole nitrogens is 1. The Hall–Kier alpha value is -1.01. The van der Waals surface area contributed by atoms with Gasteiger partial charge in [-0.3, -0.25) is 4.79 Å². The fourth-order valence-electron chi connectivity index (χ4n) is 1.37. The fourth-order valence-corrected chi connectivity index (χ4v) is 2.36. The van der Waals surface area contributed by atoms with E-state index in [0.29, 0.717) is 6.42 Å². The second kappa shape index (κ2) is 5.91. The number of primary amides is 1. The summed E-state index contributed by atoms with van der Waals surface area (Å²) >= 11 is 1.58. The number of hydrogen-bond acceptors (Lipinski definition) is 4. The number of amides is 1. The minimum Gasteiger partial charge on any atom is -0.368 e. The maximum Gasteiger partial charge on any atom is 0.237 e. The standard InChI is InChI=1S/C10H18N4OS/c1-3-14-10(2,8(11)15)4-7-16-9-12-5-6-13-9/h5-6,14H,3-4,7H2,1-2H3,(H2,11,15)(H,12,13). The largest absolute Gasteiger partial charge is 0.368 e. The van der Waals surface area contributed by atoms with Gasteiger partial charge in [0, 0.05) is 18.1 Å². The molecule has 0 fully saturated rings. The van der Waals surface area contributed by atoms with Gasteiger partial charge in [0.25, 0.3) is 0 Å². The Morgan fingerprint density at radius 1 is 1.75 bits per heavy atom. The first-order valence-electron chi connectivity index (χ1n) is 5.25. The molecular weight excluding hydrogens is 224 g/mol. The summed E-state index contributed by atoms with van der Waals surface area (Å²) in [5, 5.41) is 3.98. The van der Waals surface area contributed by atoms with Crippen LogP contribution >= 0.6 is 11.8 Å². The van der Waals surface area contributed by atoms with E-state index in [9.17, 15) is 4.79 Å². The molecule has 4 N–H and O–H groups in total. The van der Waals surface area contributed by atoms with Crippen molar-refractivity contribution in [3.05, 3.63) is 12.4 Å². The number of carbonyl (C=O) groups is 1. The van der Waals surface area contributed by atoms with E-state index in [1.54, 1.807) is 24.2 Å². The molecule has 6 heteroatoms. The summed E-state index contributed by atoms with van der Waals surface area (Å²) in [7, 11) is 0. The molecule has 0 spiro atoms. The van der Waals surface area contributed by atoms with Crippen molar-refractivity contribution in [2.45, 2.75) is 31.0 Å². The lowest BCUT2D eigenvalue weighted by molar-refractivity contribution is -0.123. The van der Waals surface area contributed by atoms with Crippen LogP contribution in [0.5, 0.6) is 0 Å². The zero-order valence-corrected chi connectivity index (χ0v) is 10.4. The molecule has 1 amide bonds. The van der Waals surface area contributed by atoms with Gasteiger partial charge in [-0.1, -0.05) is 18.7 Å². The number of nitrogens with zero attached hydrogens (tertiary/aromatic N) is 1. The zero-order valence-electron chi connectivity index (χ0n) is 9.62. The third-order valence-corrected chi connectivity index (χ3v) is 3.33. The number of aromatic nitrogens is 2. The molecule has 1 aromatic heterocycles. The smallest absolute Gasteiger partial charge is 0.237 e. The van der Waals surface area contributed by atoms with E-state index in [1.807, 2.05) is 13.8 Å². The van der Waals surface area contributed by atoms with E-state index in [0.717, 1.165) is 17.5 Å². The Kier molecular flexibility index (Phi) is 4.82. The number of nitrogens with two attached hydrogens (primary N) is 1. The van der Waals surface area contributed by atoms with E-state index in [1.165, 1.54) is 0 Å². The monoisotopic (exact) mass is 242 g/mol. The number of rotatable bonds is 7. The lowest BCUT2D eigenvalue weighted by Crippen LogP contribution is -2.53. The van der Waals surface area contributed by atoms with Crippen LogP contribution in [0.3, 0.4) is 0 Å². The summed E-state index contributed by atoms with van der Waals surface area (Å²) < 4.78 is 0. The van der Waals surface area contributed by atoms with Gasteiger partial charge in [0.05, 0.1) is 5.54 Å². The average Bonchev–Trinajstić information content (AvgIpc) is 2.70. The van der Waals surface area contributed by atoms with E-state index < -0.39 is 5.54 Å². The highest BCUT2D eigenvalue weighted by Crippen LogP contribution is 2.18. The van der Waals surface area contributed by atoms with Crippen molar-refractivity contribution >= 4 is 17.7 Å². The van der Waals surface area contributed by atoms with Gasteiger partial charge in [0.15, 0.2) is 5.16 Å². The van der Waals surface area contributed by atoms with Gasteiger partial charge in [0.1, 0.15) is 0 Å². The molecule has 16 heavy (non-hydrogen) atoms. The van der Waals surface area contributed by atoms with Crippen molar-refractivity contribution in [3.63, 3.8) is 0 Å². The van der Waals surface area contributed by atoms with Crippen LogP contribution in [0.2, 0.25) is 0 Å². The molecular formula is C10H18N4OS. The second-order valence-electron chi connectivity index (χ2n) is 3.72. The zero-order chi connectivity index (χ0) is 12.0.